The summed E-state index contributed by atoms with van der Waals surface area (Å²) in [4.78, 5) is 16.0. The van der Waals surface area contributed by atoms with Gasteiger partial charge >= 0.3 is 0 Å². The minimum absolute atomic E-state index is 0.0457. The Morgan fingerprint density at radius 3 is 2.82 bits per heavy atom. The first-order valence-electron chi connectivity index (χ1n) is 7.04. The van der Waals surface area contributed by atoms with Crippen molar-refractivity contribution < 1.29 is 4.79 Å². The van der Waals surface area contributed by atoms with E-state index in [1.165, 1.54) is 6.21 Å². The fourth-order valence-corrected chi connectivity index (χ4v) is 2.10. The average molecular weight is 319 g/mol. The summed E-state index contributed by atoms with van der Waals surface area (Å²) in [7, 11) is 0. The highest BCUT2D eigenvalue weighted by Gasteiger charge is 2.16. The van der Waals surface area contributed by atoms with Gasteiger partial charge in [-0.2, -0.15) is 5.10 Å². The topological polar surface area (TPSA) is 80.4 Å². The van der Waals surface area contributed by atoms with Gasteiger partial charge in [0.1, 0.15) is 5.15 Å². The minimum atomic E-state index is -0.592. The predicted octanol–water partition coefficient (Wildman–Crippen LogP) is 2.63. The van der Waals surface area contributed by atoms with E-state index < -0.39 is 6.04 Å². The zero-order valence-corrected chi connectivity index (χ0v) is 13.6. The maximum Gasteiger partial charge on any atom is 0.257 e. The van der Waals surface area contributed by atoms with Gasteiger partial charge in [-0.25, -0.2) is 10.4 Å². The summed E-state index contributed by atoms with van der Waals surface area (Å²) < 4.78 is 0. The number of benzene rings is 1. The summed E-state index contributed by atoms with van der Waals surface area (Å²) in [6.45, 7) is 5.75. The second-order valence-corrected chi connectivity index (χ2v) is 5.93. The maximum absolute atomic E-state index is 11.7. The summed E-state index contributed by atoms with van der Waals surface area (Å²) in [6.07, 6.45) is 1.47. The fraction of sp³-hybridized carbons (Fsp3) is 0.312. The first-order chi connectivity index (χ1) is 10.4. The number of aromatic nitrogens is 1. The van der Waals surface area contributed by atoms with E-state index in [1.54, 1.807) is 0 Å². The third-order valence-electron chi connectivity index (χ3n) is 3.35. The highest BCUT2D eigenvalue weighted by Crippen LogP contribution is 2.20. The largest absolute Gasteiger partial charge is 0.320 e. The smallest absolute Gasteiger partial charge is 0.257 e. The summed E-state index contributed by atoms with van der Waals surface area (Å²) in [6, 6.07) is 7.22. The van der Waals surface area contributed by atoms with Gasteiger partial charge in [0.2, 0.25) is 0 Å². The van der Waals surface area contributed by atoms with E-state index in [0.717, 1.165) is 16.5 Å². The Bertz CT molecular complexity index is 727. The molecule has 2 rings (SSSR count). The highest BCUT2D eigenvalue weighted by molar-refractivity contribution is 6.32. The molecule has 0 aliphatic rings. The van der Waals surface area contributed by atoms with Crippen molar-refractivity contribution in [1.82, 2.24) is 10.4 Å². The first kappa shape index (κ1) is 16.4. The van der Waals surface area contributed by atoms with Gasteiger partial charge in [0.25, 0.3) is 5.91 Å². The lowest BCUT2D eigenvalue weighted by molar-refractivity contribution is -0.123. The van der Waals surface area contributed by atoms with E-state index in [9.17, 15) is 4.79 Å². The molecule has 22 heavy (non-hydrogen) atoms. The first-order valence-corrected chi connectivity index (χ1v) is 7.41. The van der Waals surface area contributed by atoms with Crippen LogP contribution in [0.3, 0.4) is 0 Å². The Labute approximate surface area is 134 Å². The van der Waals surface area contributed by atoms with Crippen LogP contribution in [0.1, 0.15) is 25.0 Å². The number of pyridine rings is 1. The molecule has 0 bridgehead atoms. The van der Waals surface area contributed by atoms with Gasteiger partial charge in [0, 0.05) is 10.9 Å². The number of carbonyl (C=O) groups excluding carboxylic acids is 1. The van der Waals surface area contributed by atoms with Crippen molar-refractivity contribution in [3.8, 4) is 0 Å². The molecule has 0 aliphatic carbocycles. The van der Waals surface area contributed by atoms with Crippen molar-refractivity contribution >= 4 is 34.6 Å². The second-order valence-electron chi connectivity index (χ2n) is 5.57. The lowest BCUT2D eigenvalue weighted by Gasteiger charge is -2.12. The molecule has 6 heteroatoms. The van der Waals surface area contributed by atoms with Crippen LogP contribution >= 0.6 is 11.6 Å². The highest BCUT2D eigenvalue weighted by atomic mass is 35.5. The molecule has 0 radical (unpaired) electrons. The molecule has 0 aliphatic heterocycles. The molecule has 2 aromatic rings. The predicted molar refractivity (Wildman–Crippen MR) is 90.0 cm³/mol. The van der Waals surface area contributed by atoms with Crippen molar-refractivity contribution in [2.75, 3.05) is 0 Å². The van der Waals surface area contributed by atoms with Crippen LogP contribution in [-0.4, -0.2) is 23.1 Å². The van der Waals surface area contributed by atoms with E-state index in [2.05, 4.69) is 15.5 Å². The zero-order valence-electron chi connectivity index (χ0n) is 12.8. The molecule has 0 fully saturated rings. The molecular formula is C16H19ClN4O. The van der Waals surface area contributed by atoms with Crippen molar-refractivity contribution in [3.63, 3.8) is 0 Å². The van der Waals surface area contributed by atoms with Crippen LogP contribution in [-0.2, 0) is 4.79 Å². The van der Waals surface area contributed by atoms with E-state index in [4.69, 9.17) is 17.3 Å². The Balaban J connectivity index is 2.17. The fourth-order valence-electron chi connectivity index (χ4n) is 1.90. The van der Waals surface area contributed by atoms with Crippen LogP contribution in [0, 0.1) is 12.8 Å². The number of halogens is 1. The molecule has 3 N–H and O–H groups in total. The number of nitrogens with two attached hydrogens (primary N) is 1. The molecule has 0 spiro atoms. The molecule has 1 atom stereocenters. The standard InChI is InChI=1S/C16H19ClN4O/c1-9(2)14(18)16(22)21-19-8-12-7-11-5-4-10(3)6-13(11)20-15(12)17/h4-9,14H,18H2,1-3H3,(H,21,22). The molecule has 116 valence electrons. The lowest BCUT2D eigenvalue weighted by Crippen LogP contribution is -2.42. The number of nitrogens with one attached hydrogen (secondary N) is 1. The van der Waals surface area contributed by atoms with Gasteiger partial charge in [-0.3, -0.25) is 4.79 Å². The molecular weight excluding hydrogens is 300 g/mol. The number of carbonyl (C=O) groups is 1. The average Bonchev–Trinajstić information content (AvgIpc) is 2.46. The SMILES string of the molecule is Cc1ccc2cc(C=NNC(=O)C(N)C(C)C)c(Cl)nc2c1. The monoisotopic (exact) mass is 318 g/mol. The van der Waals surface area contributed by atoms with E-state index in [-0.39, 0.29) is 11.8 Å². The number of amides is 1. The number of hydrogen-bond acceptors (Lipinski definition) is 4. The van der Waals surface area contributed by atoms with Crippen LogP contribution in [0.5, 0.6) is 0 Å². The van der Waals surface area contributed by atoms with Gasteiger partial charge < -0.3 is 5.73 Å². The number of fused-ring (bicyclic) bond motifs is 1. The molecule has 0 saturated heterocycles. The molecule has 1 heterocycles. The van der Waals surface area contributed by atoms with Crippen molar-refractivity contribution in [3.05, 3.63) is 40.5 Å². The van der Waals surface area contributed by atoms with Crippen LogP contribution < -0.4 is 11.2 Å². The van der Waals surface area contributed by atoms with Gasteiger partial charge in [0.15, 0.2) is 0 Å². The Kier molecular flexibility index (Phi) is 5.11. The normalized spacial score (nSPS) is 13.0. The van der Waals surface area contributed by atoms with Crippen molar-refractivity contribution in [1.29, 1.82) is 0 Å². The van der Waals surface area contributed by atoms with E-state index >= 15 is 0 Å². The summed E-state index contributed by atoms with van der Waals surface area (Å²) in [5.74, 6) is -0.281. The van der Waals surface area contributed by atoms with Gasteiger partial charge in [-0.15, -0.1) is 0 Å². The van der Waals surface area contributed by atoms with Crippen LogP contribution in [0.15, 0.2) is 29.4 Å². The number of aryl methyl sites for hydroxylation is 1. The maximum atomic E-state index is 11.7. The van der Waals surface area contributed by atoms with Gasteiger partial charge in [0.05, 0.1) is 17.8 Å². The molecule has 0 saturated carbocycles. The third-order valence-corrected chi connectivity index (χ3v) is 3.66. The molecule has 1 amide bonds. The van der Waals surface area contributed by atoms with Crippen molar-refractivity contribution in [2.24, 2.45) is 16.8 Å². The number of hydrogen-bond donors (Lipinski definition) is 2. The summed E-state index contributed by atoms with van der Waals surface area (Å²) in [5, 5.41) is 5.20. The molecule has 5 nitrogen and oxygen atoms in total. The van der Waals surface area contributed by atoms with E-state index in [0.29, 0.717) is 10.7 Å². The van der Waals surface area contributed by atoms with Crippen LogP contribution in [0.4, 0.5) is 0 Å². The number of rotatable bonds is 4. The Hall–Kier alpha value is -1.98. The summed E-state index contributed by atoms with van der Waals surface area (Å²) in [5.41, 5.74) is 10.7. The molecule has 1 unspecified atom stereocenters. The Morgan fingerprint density at radius 2 is 2.14 bits per heavy atom. The number of hydrazone groups is 1. The van der Waals surface area contributed by atoms with Crippen LogP contribution in [0.25, 0.3) is 10.9 Å². The Morgan fingerprint density at radius 1 is 1.41 bits per heavy atom. The van der Waals surface area contributed by atoms with Crippen molar-refractivity contribution in [2.45, 2.75) is 26.8 Å². The lowest BCUT2D eigenvalue weighted by atomic mass is 10.1. The quantitative estimate of drug-likeness (QED) is 0.516. The number of nitrogens with zero attached hydrogens (tertiary/aromatic N) is 2. The summed E-state index contributed by atoms with van der Waals surface area (Å²) >= 11 is 6.14. The van der Waals surface area contributed by atoms with E-state index in [1.807, 2.05) is 45.0 Å². The molecule has 1 aromatic carbocycles. The minimum Gasteiger partial charge on any atom is -0.320 e. The second kappa shape index (κ2) is 6.85. The van der Waals surface area contributed by atoms with Gasteiger partial charge in [-0.05, 0) is 30.5 Å². The molecule has 1 aromatic heterocycles. The van der Waals surface area contributed by atoms with Gasteiger partial charge in [-0.1, -0.05) is 37.6 Å². The third kappa shape index (κ3) is 3.81. The zero-order chi connectivity index (χ0) is 16.3. The van der Waals surface area contributed by atoms with Crippen LogP contribution in [0.2, 0.25) is 5.15 Å².